The van der Waals surface area contributed by atoms with Gasteiger partial charge in [-0.25, -0.2) is 4.98 Å². The lowest BCUT2D eigenvalue weighted by Crippen LogP contribution is -2.28. The zero-order chi connectivity index (χ0) is 9.03. The molecule has 0 spiro atoms. The molecule has 1 aromatic heterocycles. The largest absolute Gasteiger partial charge is 0.447 e. The number of rotatable bonds is 3. The number of hydrogen-bond acceptors (Lipinski definition) is 3. The van der Waals surface area contributed by atoms with Gasteiger partial charge in [0.15, 0.2) is 6.39 Å². The highest BCUT2D eigenvalue weighted by atomic mass is 19.4. The van der Waals surface area contributed by atoms with Gasteiger partial charge in [-0.1, -0.05) is 0 Å². The number of nitrogens with one attached hydrogen (secondary N) is 1. The van der Waals surface area contributed by atoms with E-state index < -0.39 is 12.7 Å². The van der Waals surface area contributed by atoms with Crippen molar-refractivity contribution in [1.29, 1.82) is 0 Å². The maximum atomic E-state index is 11.6. The van der Waals surface area contributed by atoms with Crippen LogP contribution < -0.4 is 5.32 Å². The molecule has 0 bridgehead atoms. The highest BCUT2D eigenvalue weighted by Gasteiger charge is 2.26. The second-order valence-electron chi connectivity index (χ2n) is 2.19. The van der Waals surface area contributed by atoms with Gasteiger partial charge in [-0.2, -0.15) is 13.2 Å². The topological polar surface area (TPSA) is 38.1 Å². The summed E-state index contributed by atoms with van der Waals surface area (Å²) in [6, 6.07) is 0. The van der Waals surface area contributed by atoms with E-state index in [9.17, 15) is 13.2 Å². The molecule has 1 N–H and O–H groups in total. The lowest BCUT2D eigenvalue weighted by Gasteiger charge is -2.05. The lowest BCUT2D eigenvalue weighted by molar-refractivity contribution is -0.125. The molecule has 0 amide bonds. The molecule has 0 saturated heterocycles. The third-order valence-corrected chi connectivity index (χ3v) is 1.11. The highest BCUT2D eigenvalue weighted by Crippen LogP contribution is 2.12. The Balaban J connectivity index is 2.20. The van der Waals surface area contributed by atoms with E-state index in [4.69, 9.17) is 4.42 Å². The molecule has 68 valence electrons. The van der Waals surface area contributed by atoms with Gasteiger partial charge in [0.2, 0.25) is 0 Å². The van der Waals surface area contributed by atoms with Crippen LogP contribution in [0.2, 0.25) is 0 Å². The average Bonchev–Trinajstić information content (AvgIpc) is 2.36. The molecule has 6 heteroatoms. The first-order chi connectivity index (χ1) is 5.58. The fraction of sp³-hybridized carbons (Fsp3) is 0.500. The minimum Gasteiger partial charge on any atom is -0.447 e. The van der Waals surface area contributed by atoms with Gasteiger partial charge in [-0.15, -0.1) is 0 Å². The zero-order valence-electron chi connectivity index (χ0n) is 6.06. The molecule has 0 unspecified atom stereocenters. The van der Waals surface area contributed by atoms with Crippen LogP contribution in [0.3, 0.4) is 0 Å². The summed E-state index contributed by atoms with van der Waals surface area (Å²) >= 11 is 0. The minimum atomic E-state index is -4.18. The van der Waals surface area contributed by atoms with Crippen molar-refractivity contribution in [3.05, 3.63) is 18.4 Å². The van der Waals surface area contributed by atoms with Crippen molar-refractivity contribution in [2.45, 2.75) is 12.7 Å². The van der Waals surface area contributed by atoms with Crippen molar-refractivity contribution in [3.63, 3.8) is 0 Å². The first kappa shape index (κ1) is 9.05. The van der Waals surface area contributed by atoms with Crippen molar-refractivity contribution in [1.82, 2.24) is 10.3 Å². The van der Waals surface area contributed by atoms with Gasteiger partial charge >= 0.3 is 6.18 Å². The van der Waals surface area contributed by atoms with Gasteiger partial charge < -0.3 is 9.73 Å². The molecule has 0 aliphatic heterocycles. The van der Waals surface area contributed by atoms with Gasteiger partial charge in [0, 0.05) is 0 Å². The molecule has 3 nitrogen and oxygen atoms in total. The van der Waals surface area contributed by atoms with Crippen molar-refractivity contribution in [2.75, 3.05) is 6.54 Å². The summed E-state index contributed by atoms with van der Waals surface area (Å²) < 4.78 is 39.4. The van der Waals surface area contributed by atoms with Crippen LogP contribution in [0.25, 0.3) is 0 Å². The Kier molecular flexibility index (Phi) is 2.69. The Bertz CT molecular complexity index is 219. The van der Waals surface area contributed by atoms with E-state index in [0.717, 1.165) is 0 Å². The van der Waals surface area contributed by atoms with Crippen LogP contribution in [0.4, 0.5) is 13.2 Å². The van der Waals surface area contributed by atoms with Crippen LogP contribution in [0, 0.1) is 0 Å². The second-order valence-corrected chi connectivity index (χ2v) is 2.19. The first-order valence-electron chi connectivity index (χ1n) is 3.23. The standard InChI is InChI=1S/C6H7F3N2O/c7-6(8,9)3-10-1-5-2-11-4-12-5/h2,4,10H,1,3H2. The minimum absolute atomic E-state index is 0.0412. The van der Waals surface area contributed by atoms with Crippen LogP contribution >= 0.6 is 0 Å². The Labute approximate surface area is 66.6 Å². The quantitative estimate of drug-likeness (QED) is 0.762. The molecule has 12 heavy (non-hydrogen) atoms. The molecule has 0 saturated carbocycles. The molecule has 0 aliphatic carbocycles. The Morgan fingerprint density at radius 2 is 2.25 bits per heavy atom. The molecule has 0 radical (unpaired) electrons. The monoisotopic (exact) mass is 180 g/mol. The van der Waals surface area contributed by atoms with Crippen LogP contribution in [0.1, 0.15) is 5.76 Å². The number of aromatic nitrogens is 1. The van der Waals surface area contributed by atoms with E-state index in [2.05, 4.69) is 10.3 Å². The van der Waals surface area contributed by atoms with Crippen LogP contribution in [0.15, 0.2) is 17.0 Å². The van der Waals surface area contributed by atoms with Gasteiger partial charge in [-0.3, -0.25) is 0 Å². The molecule has 1 rings (SSSR count). The zero-order valence-corrected chi connectivity index (χ0v) is 6.06. The third kappa shape index (κ3) is 3.38. The van der Waals surface area contributed by atoms with Gasteiger partial charge in [0.25, 0.3) is 0 Å². The Morgan fingerprint density at radius 1 is 1.50 bits per heavy atom. The van der Waals surface area contributed by atoms with Crippen molar-refractivity contribution >= 4 is 0 Å². The summed E-state index contributed by atoms with van der Waals surface area (Å²) in [5, 5.41) is 2.17. The van der Waals surface area contributed by atoms with E-state index in [1.165, 1.54) is 12.6 Å². The lowest BCUT2D eigenvalue weighted by atomic mass is 10.5. The second kappa shape index (κ2) is 3.57. The maximum absolute atomic E-state index is 11.6. The Hall–Kier alpha value is -1.04. The van der Waals surface area contributed by atoms with E-state index in [1.807, 2.05) is 0 Å². The predicted octanol–water partition coefficient (Wildman–Crippen LogP) is 1.33. The first-order valence-corrected chi connectivity index (χ1v) is 3.23. The summed E-state index contributed by atoms with van der Waals surface area (Å²) in [5.41, 5.74) is 0. The number of alkyl halides is 3. The van der Waals surface area contributed by atoms with Crippen LogP contribution in [-0.2, 0) is 6.54 Å². The SMILES string of the molecule is FC(F)(F)CNCc1cnco1. The van der Waals surface area contributed by atoms with Crippen molar-refractivity contribution in [2.24, 2.45) is 0 Å². The predicted molar refractivity (Wildman–Crippen MR) is 34.3 cm³/mol. The van der Waals surface area contributed by atoms with E-state index in [-0.39, 0.29) is 6.54 Å². The summed E-state index contributed by atoms with van der Waals surface area (Å²) in [6.07, 6.45) is -1.64. The summed E-state index contributed by atoms with van der Waals surface area (Å²) in [6.45, 7) is -0.979. The summed E-state index contributed by atoms with van der Waals surface area (Å²) in [4.78, 5) is 3.55. The molecule has 0 aromatic carbocycles. The maximum Gasteiger partial charge on any atom is 0.401 e. The van der Waals surface area contributed by atoms with Crippen molar-refractivity contribution < 1.29 is 17.6 Å². The van der Waals surface area contributed by atoms with Gasteiger partial charge in [-0.05, 0) is 0 Å². The summed E-state index contributed by atoms with van der Waals surface area (Å²) in [5.74, 6) is 0.388. The Morgan fingerprint density at radius 3 is 2.75 bits per heavy atom. The smallest absolute Gasteiger partial charge is 0.401 e. The molecule has 0 atom stereocenters. The number of nitrogens with zero attached hydrogens (tertiary/aromatic N) is 1. The molecular formula is C6H7F3N2O. The fourth-order valence-corrected chi connectivity index (χ4v) is 0.657. The number of halogens is 3. The fourth-order valence-electron chi connectivity index (χ4n) is 0.657. The van der Waals surface area contributed by atoms with E-state index in [1.54, 1.807) is 0 Å². The third-order valence-electron chi connectivity index (χ3n) is 1.11. The molecule has 1 heterocycles. The van der Waals surface area contributed by atoms with Crippen LogP contribution in [-0.4, -0.2) is 17.7 Å². The molecular weight excluding hydrogens is 173 g/mol. The molecule has 1 aromatic rings. The number of hydrogen-bond donors (Lipinski definition) is 1. The molecule has 0 fully saturated rings. The van der Waals surface area contributed by atoms with Gasteiger partial charge in [0.1, 0.15) is 5.76 Å². The van der Waals surface area contributed by atoms with E-state index >= 15 is 0 Å². The van der Waals surface area contributed by atoms with Crippen molar-refractivity contribution in [3.8, 4) is 0 Å². The average molecular weight is 180 g/mol. The molecule has 0 aliphatic rings. The normalized spacial score (nSPS) is 11.9. The number of oxazole rings is 1. The summed E-state index contributed by atoms with van der Waals surface area (Å²) in [7, 11) is 0. The van der Waals surface area contributed by atoms with Crippen LogP contribution in [0.5, 0.6) is 0 Å². The van der Waals surface area contributed by atoms with E-state index in [0.29, 0.717) is 5.76 Å². The van der Waals surface area contributed by atoms with Gasteiger partial charge in [0.05, 0.1) is 19.3 Å². The highest BCUT2D eigenvalue weighted by molar-refractivity contribution is 4.87.